The van der Waals surface area contributed by atoms with Crippen LogP contribution in [-0.4, -0.2) is 123 Å². The largest absolute Gasteiger partial charge is 0.430 e. The van der Waals surface area contributed by atoms with Crippen molar-refractivity contribution in [1.29, 1.82) is 0 Å². The van der Waals surface area contributed by atoms with Crippen molar-refractivity contribution in [2.24, 2.45) is 0 Å². The monoisotopic (exact) mass is 955 g/mol. The maximum Gasteiger partial charge on any atom is 0.350 e. The Morgan fingerprint density at radius 1 is 0.386 bits per heavy atom. The fourth-order valence-electron chi connectivity index (χ4n) is 11.4. The minimum atomic E-state index is -1.22. The fourth-order valence-corrected chi connectivity index (χ4v) is 11.4. The minimum Gasteiger partial charge on any atom is -0.430 e. The zero-order valence-corrected chi connectivity index (χ0v) is 42.6. The van der Waals surface area contributed by atoms with Gasteiger partial charge in [-0.3, -0.25) is 0 Å². The van der Waals surface area contributed by atoms with Crippen LogP contribution in [0.1, 0.15) is 138 Å². The number of piperidine rings is 2. The molecule has 70 heavy (non-hydrogen) atoms. The Balaban J connectivity index is 0.590. The highest BCUT2D eigenvalue weighted by molar-refractivity contribution is 5.88. The smallest absolute Gasteiger partial charge is 0.350 e. The molecule has 10 nitrogen and oxygen atoms in total. The summed E-state index contributed by atoms with van der Waals surface area (Å²) < 4.78 is 25.9. The SMILES string of the molecule is CN(CCCCCCCCN(C)CCCCCCN1CCC2(CC1)OC(=O)C(c1ccccc1)(c1ccccc1)O2)CCCCCCN1CCC2(CC1)OC(=O)C(c1ccccc1)(c1ccccc1)O2. The number of esters is 2. The first-order chi connectivity index (χ1) is 34.2. The van der Waals surface area contributed by atoms with Gasteiger partial charge < -0.3 is 38.5 Å². The number of likely N-dealkylation sites (tertiary alicyclic amines) is 2. The molecule has 0 aromatic heterocycles. The van der Waals surface area contributed by atoms with Gasteiger partial charge in [-0.25, -0.2) is 9.59 Å². The predicted molar refractivity (Wildman–Crippen MR) is 278 cm³/mol. The van der Waals surface area contributed by atoms with Crippen molar-refractivity contribution in [3.8, 4) is 0 Å². The molecule has 0 atom stereocenters. The van der Waals surface area contributed by atoms with Crippen molar-refractivity contribution in [1.82, 2.24) is 19.6 Å². The highest BCUT2D eigenvalue weighted by Gasteiger charge is 2.62. The predicted octanol–water partition coefficient (Wildman–Crippen LogP) is 10.9. The molecule has 378 valence electrons. The normalized spacial score (nSPS) is 19.6. The van der Waals surface area contributed by atoms with Gasteiger partial charge >= 0.3 is 11.9 Å². The molecule has 2 spiro atoms. The number of benzene rings is 4. The van der Waals surface area contributed by atoms with Crippen LogP contribution in [0.2, 0.25) is 0 Å². The highest BCUT2D eigenvalue weighted by Crippen LogP contribution is 2.50. The minimum absolute atomic E-state index is 0.304. The van der Waals surface area contributed by atoms with Gasteiger partial charge in [0.15, 0.2) is 0 Å². The van der Waals surface area contributed by atoms with Crippen molar-refractivity contribution in [3.63, 3.8) is 0 Å². The van der Waals surface area contributed by atoms with E-state index in [-0.39, 0.29) is 11.9 Å². The van der Waals surface area contributed by atoms with E-state index in [2.05, 4.69) is 33.7 Å². The van der Waals surface area contributed by atoms with Crippen LogP contribution < -0.4 is 0 Å². The Labute approximate surface area is 420 Å². The number of rotatable bonds is 27. The maximum absolute atomic E-state index is 13.7. The molecule has 0 unspecified atom stereocenters. The lowest BCUT2D eigenvalue weighted by atomic mass is 9.86. The topological polar surface area (TPSA) is 84.0 Å². The van der Waals surface area contributed by atoms with Gasteiger partial charge in [-0.05, 0) is 114 Å². The lowest BCUT2D eigenvalue weighted by Gasteiger charge is -2.38. The van der Waals surface area contributed by atoms with Crippen LogP contribution in [0.5, 0.6) is 0 Å². The number of carbonyl (C=O) groups excluding carboxylic acids is 2. The van der Waals surface area contributed by atoms with E-state index in [9.17, 15) is 9.59 Å². The van der Waals surface area contributed by atoms with E-state index in [0.717, 1.165) is 61.5 Å². The number of carbonyl (C=O) groups is 2. The summed E-state index contributed by atoms with van der Waals surface area (Å²) in [6.07, 6.45) is 20.8. The van der Waals surface area contributed by atoms with Crippen LogP contribution in [0.4, 0.5) is 0 Å². The Kier molecular flexibility index (Phi) is 18.8. The Morgan fingerprint density at radius 3 is 0.929 bits per heavy atom. The molecule has 4 aliphatic heterocycles. The molecule has 4 fully saturated rings. The van der Waals surface area contributed by atoms with E-state index in [1.54, 1.807) is 0 Å². The van der Waals surface area contributed by atoms with Crippen LogP contribution in [0, 0.1) is 0 Å². The lowest BCUT2D eigenvalue weighted by Crippen LogP contribution is -2.46. The zero-order chi connectivity index (χ0) is 48.5. The number of nitrogens with zero attached hydrogens (tertiary/aromatic N) is 4. The molecule has 0 amide bonds. The molecule has 4 heterocycles. The molecule has 0 saturated carbocycles. The van der Waals surface area contributed by atoms with Gasteiger partial charge in [-0.15, -0.1) is 0 Å². The molecule has 4 saturated heterocycles. The number of unbranched alkanes of at least 4 members (excludes halogenated alkanes) is 11. The van der Waals surface area contributed by atoms with Crippen molar-refractivity contribution in [2.45, 2.75) is 138 Å². The lowest BCUT2D eigenvalue weighted by molar-refractivity contribution is -0.208. The number of hydrogen-bond acceptors (Lipinski definition) is 10. The molecule has 10 heteroatoms. The molecule has 0 N–H and O–H groups in total. The first-order valence-electron chi connectivity index (χ1n) is 27.2. The van der Waals surface area contributed by atoms with Crippen molar-refractivity contribution in [3.05, 3.63) is 144 Å². The Bertz CT molecular complexity index is 1930. The Morgan fingerprint density at radius 2 is 0.643 bits per heavy atom. The number of ether oxygens (including phenoxy) is 4. The van der Waals surface area contributed by atoms with Crippen molar-refractivity contribution >= 4 is 11.9 Å². The van der Waals surface area contributed by atoms with Gasteiger partial charge in [0.1, 0.15) is 0 Å². The summed E-state index contributed by atoms with van der Waals surface area (Å²) in [6.45, 7) is 10.5. The summed E-state index contributed by atoms with van der Waals surface area (Å²) in [5.74, 6) is -2.35. The average Bonchev–Trinajstić information content (AvgIpc) is 3.86. The average molecular weight is 955 g/mol. The first kappa shape index (κ1) is 51.9. The summed E-state index contributed by atoms with van der Waals surface area (Å²) in [4.78, 5) is 37.5. The third kappa shape index (κ3) is 13.0. The van der Waals surface area contributed by atoms with Gasteiger partial charge in [0.25, 0.3) is 0 Å². The highest BCUT2D eigenvalue weighted by atomic mass is 16.8. The summed E-state index contributed by atoms with van der Waals surface area (Å²) in [5, 5.41) is 0. The van der Waals surface area contributed by atoms with Gasteiger partial charge in [0, 0.05) is 51.9 Å². The maximum atomic E-state index is 13.7. The van der Waals surface area contributed by atoms with E-state index in [1.807, 2.05) is 121 Å². The van der Waals surface area contributed by atoms with E-state index in [4.69, 9.17) is 18.9 Å². The summed E-state index contributed by atoms with van der Waals surface area (Å²) in [7, 11) is 4.58. The van der Waals surface area contributed by atoms with Crippen LogP contribution in [-0.2, 0) is 39.7 Å². The van der Waals surface area contributed by atoms with Gasteiger partial charge in [0.2, 0.25) is 22.8 Å². The molecular weight excluding hydrogens is 873 g/mol. The van der Waals surface area contributed by atoms with Crippen molar-refractivity contribution in [2.75, 3.05) is 79.5 Å². The van der Waals surface area contributed by atoms with Gasteiger partial charge in [-0.1, -0.05) is 173 Å². The molecular formula is C60H82N4O6. The molecule has 4 aromatic rings. The number of hydrogen-bond donors (Lipinski definition) is 0. The van der Waals surface area contributed by atoms with Gasteiger partial charge in [0.05, 0.1) is 0 Å². The second-order valence-corrected chi connectivity index (χ2v) is 20.9. The quantitative estimate of drug-likeness (QED) is 0.0426. The van der Waals surface area contributed by atoms with E-state index < -0.39 is 22.8 Å². The van der Waals surface area contributed by atoms with E-state index >= 15 is 0 Å². The first-order valence-corrected chi connectivity index (χ1v) is 27.2. The molecule has 0 aliphatic carbocycles. The molecule has 4 aliphatic rings. The summed E-state index contributed by atoms with van der Waals surface area (Å²) in [5.41, 5.74) is 0.851. The van der Waals surface area contributed by atoms with E-state index in [1.165, 1.54) is 116 Å². The van der Waals surface area contributed by atoms with Crippen LogP contribution in [0.25, 0.3) is 0 Å². The molecule has 4 aromatic carbocycles. The van der Waals surface area contributed by atoms with Crippen molar-refractivity contribution < 1.29 is 28.5 Å². The van der Waals surface area contributed by atoms with Crippen LogP contribution in [0.3, 0.4) is 0 Å². The standard InChI is InChI=1S/C60H82N4O6/c1-61(43-25-7-9-27-45-63-47-37-57(38-48-63)67-55(65)59(69-57,51-29-15-11-16-30-51)52-31-17-12-18-32-52)41-23-5-3-4-6-24-42-62(2)44-26-8-10-28-46-64-49-39-58(40-50-64)68-56(66)60(70-58,53-33-19-13-20-34-53)54-35-21-14-22-36-54/h11-22,29-36H,3-10,23-28,37-50H2,1-2H3. The molecule has 8 rings (SSSR count). The zero-order valence-electron chi connectivity index (χ0n) is 42.6. The second kappa shape index (κ2) is 25.3. The second-order valence-electron chi connectivity index (χ2n) is 20.9. The van der Waals surface area contributed by atoms with Crippen LogP contribution in [0.15, 0.2) is 121 Å². The molecule has 0 bridgehead atoms. The van der Waals surface area contributed by atoms with Crippen LogP contribution >= 0.6 is 0 Å². The third-order valence-electron chi connectivity index (χ3n) is 15.6. The molecule has 0 radical (unpaired) electrons. The van der Waals surface area contributed by atoms with Gasteiger partial charge in [-0.2, -0.15) is 0 Å². The summed E-state index contributed by atoms with van der Waals surface area (Å²) in [6, 6.07) is 39.3. The Hall–Kier alpha value is -4.42. The summed E-state index contributed by atoms with van der Waals surface area (Å²) >= 11 is 0. The van der Waals surface area contributed by atoms with E-state index in [0.29, 0.717) is 25.7 Å². The fraction of sp³-hybridized carbons (Fsp3) is 0.567. The third-order valence-corrected chi connectivity index (χ3v) is 15.6.